The molecule has 1 atom stereocenters. The van der Waals surface area contributed by atoms with Gasteiger partial charge in [-0.15, -0.1) is 11.3 Å². The monoisotopic (exact) mass is 492 g/mol. The first kappa shape index (κ1) is 24.5. The Hall–Kier alpha value is -3.65. The third-order valence-corrected chi connectivity index (χ3v) is 6.42. The van der Waals surface area contributed by atoms with Crippen molar-refractivity contribution in [1.29, 1.82) is 0 Å². The van der Waals surface area contributed by atoms with Gasteiger partial charge in [0.05, 0.1) is 24.8 Å². The Bertz CT molecular complexity index is 1220. The molecule has 7 nitrogen and oxygen atoms in total. The fourth-order valence-electron chi connectivity index (χ4n) is 3.90. The van der Waals surface area contributed by atoms with Crippen LogP contribution in [-0.4, -0.2) is 35.0 Å². The average Bonchev–Trinajstić information content (AvgIpc) is 3.46. The summed E-state index contributed by atoms with van der Waals surface area (Å²) in [5.74, 6) is 0.0427. The summed E-state index contributed by atoms with van der Waals surface area (Å²) in [7, 11) is 0. The molecule has 1 fully saturated rings. The lowest BCUT2D eigenvalue weighted by molar-refractivity contribution is -0.132. The van der Waals surface area contributed by atoms with Gasteiger partial charge in [-0.05, 0) is 61.2 Å². The predicted molar refractivity (Wildman–Crippen MR) is 136 cm³/mol. The van der Waals surface area contributed by atoms with E-state index in [-0.39, 0.29) is 11.3 Å². The maximum atomic E-state index is 13.2. The van der Waals surface area contributed by atoms with Crippen molar-refractivity contribution in [2.75, 3.05) is 18.1 Å². The van der Waals surface area contributed by atoms with Gasteiger partial charge in [-0.1, -0.05) is 26.0 Å². The van der Waals surface area contributed by atoms with E-state index in [1.54, 1.807) is 35.8 Å². The van der Waals surface area contributed by atoms with Crippen molar-refractivity contribution < 1.29 is 24.2 Å². The summed E-state index contributed by atoms with van der Waals surface area (Å²) in [5, 5.41) is 13.4. The minimum absolute atomic E-state index is 0.00805. The molecule has 0 spiro atoms. The minimum Gasteiger partial charge on any atom is -0.507 e. The number of ether oxygens (including phenoxy) is 2. The zero-order valence-corrected chi connectivity index (χ0v) is 20.7. The Labute approximate surface area is 208 Å². The summed E-state index contributed by atoms with van der Waals surface area (Å²) < 4.78 is 11.4. The van der Waals surface area contributed by atoms with E-state index in [1.165, 1.54) is 16.2 Å². The van der Waals surface area contributed by atoms with E-state index in [0.29, 0.717) is 46.9 Å². The van der Waals surface area contributed by atoms with Crippen molar-refractivity contribution in [3.63, 3.8) is 0 Å². The minimum atomic E-state index is -0.846. The molecule has 0 saturated carbocycles. The van der Waals surface area contributed by atoms with E-state index in [9.17, 15) is 14.7 Å². The number of carbonyl (C=O) groups excluding carboxylic acids is 2. The van der Waals surface area contributed by atoms with Crippen LogP contribution in [0.4, 0.5) is 5.13 Å². The molecule has 1 N–H and O–H groups in total. The van der Waals surface area contributed by atoms with Crippen LogP contribution in [0.25, 0.3) is 5.76 Å². The maximum absolute atomic E-state index is 13.2. The summed E-state index contributed by atoms with van der Waals surface area (Å²) >= 11 is 1.25. The topological polar surface area (TPSA) is 89.0 Å². The number of nitrogens with zero attached hydrogens (tertiary/aromatic N) is 2. The van der Waals surface area contributed by atoms with E-state index in [2.05, 4.69) is 18.8 Å². The van der Waals surface area contributed by atoms with Crippen LogP contribution in [0.1, 0.15) is 44.4 Å². The number of Topliss-reactive ketones (excluding diaryl/α,β-unsaturated/α-hetero) is 1. The van der Waals surface area contributed by atoms with Gasteiger partial charge in [0.25, 0.3) is 5.78 Å². The lowest BCUT2D eigenvalue weighted by atomic mass is 9.95. The lowest BCUT2D eigenvalue weighted by Crippen LogP contribution is -2.29. The number of hydrogen-bond donors (Lipinski definition) is 1. The maximum Gasteiger partial charge on any atom is 0.301 e. The molecule has 4 rings (SSSR count). The van der Waals surface area contributed by atoms with Crippen LogP contribution in [0.5, 0.6) is 11.5 Å². The van der Waals surface area contributed by atoms with Crippen LogP contribution in [0.2, 0.25) is 0 Å². The van der Waals surface area contributed by atoms with Crippen LogP contribution >= 0.6 is 11.3 Å². The highest BCUT2D eigenvalue weighted by Gasteiger charge is 2.48. The van der Waals surface area contributed by atoms with E-state index in [4.69, 9.17) is 9.47 Å². The molecule has 1 amide bonds. The second kappa shape index (κ2) is 10.7. The molecular weight excluding hydrogens is 464 g/mol. The standard InChI is InChI=1S/C27H28N2O5S/c1-4-33-20-10-8-18(9-11-20)24(30)22-23(29(26(32)25(22)31)27-28-13-15-35-27)19-6-5-7-21(16-19)34-14-12-17(2)3/h5-11,13,15-17,23,30H,4,12,14H2,1-3H3/b24-22+. The Morgan fingerprint density at radius 1 is 1.11 bits per heavy atom. The van der Waals surface area contributed by atoms with Gasteiger partial charge in [0.1, 0.15) is 17.3 Å². The van der Waals surface area contributed by atoms with Gasteiger partial charge in [-0.3, -0.25) is 14.5 Å². The Morgan fingerprint density at radius 2 is 1.89 bits per heavy atom. The molecular formula is C27H28N2O5S. The summed E-state index contributed by atoms with van der Waals surface area (Å²) in [6.07, 6.45) is 2.48. The van der Waals surface area contributed by atoms with Crippen molar-refractivity contribution in [3.8, 4) is 11.5 Å². The van der Waals surface area contributed by atoms with E-state index < -0.39 is 17.7 Å². The van der Waals surface area contributed by atoms with Crippen LogP contribution in [0, 0.1) is 5.92 Å². The largest absolute Gasteiger partial charge is 0.507 e. The molecule has 1 aliphatic heterocycles. The number of amides is 1. The van der Waals surface area contributed by atoms with Crippen LogP contribution in [-0.2, 0) is 9.59 Å². The molecule has 182 valence electrons. The number of anilines is 1. The zero-order chi connectivity index (χ0) is 24.9. The van der Waals surface area contributed by atoms with Crippen molar-refractivity contribution in [2.24, 2.45) is 5.92 Å². The molecule has 35 heavy (non-hydrogen) atoms. The number of hydrogen-bond acceptors (Lipinski definition) is 7. The lowest BCUT2D eigenvalue weighted by Gasteiger charge is -2.23. The number of thiazole rings is 1. The predicted octanol–water partition coefficient (Wildman–Crippen LogP) is 5.59. The first-order chi connectivity index (χ1) is 16.9. The van der Waals surface area contributed by atoms with Crippen LogP contribution in [0.15, 0.2) is 65.7 Å². The molecule has 8 heteroatoms. The third-order valence-electron chi connectivity index (χ3n) is 5.65. The van der Waals surface area contributed by atoms with Gasteiger partial charge >= 0.3 is 5.91 Å². The van der Waals surface area contributed by atoms with E-state index in [0.717, 1.165) is 6.42 Å². The van der Waals surface area contributed by atoms with Gasteiger partial charge in [-0.25, -0.2) is 4.98 Å². The van der Waals surface area contributed by atoms with Crippen molar-refractivity contribution >= 4 is 33.9 Å². The molecule has 2 heterocycles. The number of benzene rings is 2. The van der Waals surface area contributed by atoms with Crippen LogP contribution in [0.3, 0.4) is 0 Å². The molecule has 0 bridgehead atoms. The summed E-state index contributed by atoms with van der Waals surface area (Å²) in [6.45, 7) is 7.21. The van der Waals surface area contributed by atoms with Gasteiger partial charge < -0.3 is 14.6 Å². The van der Waals surface area contributed by atoms with Gasteiger partial charge in [-0.2, -0.15) is 0 Å². The number of carbonyl (C=O) groups is 2. The molecule has 2 aromatic carbocycles. The van der Waals surface area contributed by atoms with Crippen molar-refractivity contribution in [3.05, 3.63) is 76.8 Å². The molecule has 0 radical (unpaired) electrons. The molecule has 1 saturated heterocycles. The second-order valence-electron chi connectivity index (χ2n) is 8.54. The van der Waals surface area contributed by atoms with E-state index >= 15 is 0 Å². The fraction of sp³-hybridized carbons (Fsp3) is 0.296. The van der Waals surface area contributed by atoms with Gasteiger partial charge in [0.15, 0.2) is 5.13 Å². The number of ketones is 1. The average molecular weight is 493 g/mol. The highest BCUT2D eigenvalue weighted by Crippen LogP contribution is 2.43. The molecule has 1 aliphatic rings. The molecule has 0 aliphatic carbocycles. The van der Waals surface area contributed by atoms with Gasteiger partial charge in [0, 0.05) is 17.1 Å². The van der Waals surface area contributed by atoms with Crippen LogP contribution < -0.4 is 14.4 Å². The van der Waals surface area contributed by atoms with Crippen molar-refractivity contribution in [1.82, 2.24) is 4.98 Å². The summed E-state index contributed by atoms with van der Waals surface area (Å²) in [5.41, 5.74) is 1.07. The number of aliphatic hydroxyl groups excluding tert-OH is 1. The summed E-state index contributed by atoms with van der Waals surface area (Å²) in [6, 6.07) is 13.2. The third kappa shape index (κ3) is 5.22. The fourth-order valence-corrected chi connectivity index (χ4v) is 4.57. The highest BCUT2D eigenvalue weighted by molar-refractivity contribution is 7.14. The molecule has 1 unspecified atom stereocenters. The molecule has 3 aromatic rings. The number of aliphatic hydroxyl groups is 1. The van der Waals surface area contributed by atoms with E-state index in [1.807, 2.05) is 31.2 Å². The van der Waals surface area contributed by atoms with Crippen molar-refractivity contribution in [2.45, 2.75) is 33.2 Å². The Balaban J connectivity index is 1.79. The Kier molecular flexibility index (Phi) is 7.51. The molecule has 1 aromatic heterocycles. The van der Waals surface area contributed by atoms with Gasteiger partial charge in [0.2, 0.25) is 0 Å². The first-order valence-electron chi connectivity index (χ1n) is 11.6. The normalized spacial score (nSPS) is 17.3. The quantitative estimate of drug-likeness (QED) is 0.238. The second-order valence-corrected chi connectivity index (χ2v) is 9.42. The summed E-state index contributed by atoms with van der Waals surface area (Å²) in [4.78, 5) is 32.0. The first-order valence-corrected chi connectivity index (χ1v) is 12.4. The smallest absolute Gasteiger partial charge is 0.301 e. The number of rotatable bonds is 9. The zero-order valence-electron chi connectivity index (χ0n) is 19.9. The number of aromatic nitrogens is 1. The SMILES string of the molecule is CCOc1ccc(/C(O)=C2\C(=O)C(=O)N(c3nccs3)C2c2cccc(OCCC(C)C)c2)cc1. The highest BCUT2D eigenvalue weighted by atomic mass is 32.1. The Morgan fingerprint density at radius 3 is 2.54 bits per heavy atom.